The summed E-state index contributed by atoms with van der Waals surface area (Å²) >= 11 is 3.49. The summed E-state index contributed by atoms with van der Waals surface area (Å²) in [7, 11) is 0. The summed E-state index contributed by atoms with van der Waals surface area (Å²) in [5.74, 6) is 0.474. The Bertz CT molecular complexity index is 451. The number of rotatable bonds is 2. The van der Waals surface area contributed by atoms with Crippen LogP contribution in [0.15, 0.2) is 22.7 Å². The highest BCUT2D eigenvalue weighted by Gasteiger charge is 2.23. The summed E-state index contributed by atoms with van der Waals surface area (Å²) in [4.78, 5) is 13.3. The minimum absolute atomic E-state index is 0.323. The maximum atomic E-state index is 10.9. The molecule has 3 nitrogen and oxygen atoms in total. The molecular weight excluding hydrogens is 294 g/mol. The van der Waals surface area contributed by atoms with Crippen LogP contribution in [0.4, 0.5) is 5.69 Å². The summed E-state index contributed by atoms with van der Waals surface area (Å²) < 4.78 is 0.865. The molecule has 1 N–H and O–H groups in total. The molecule has 0 amide bonds. The zero-order valence-corrected chi connectivity index (χ0v) is 12.3. The van der Waals surface area contributed by atoms with Gasteiger partial charge in [0.25, 0.3) is 0 Å². The summed E-state index contributed by atoms with van der Waals surface area (Å²) in [6.45, 7) is 6.61. The first-order valence-corrected chi connectivity index (χ1v) is 7.04. The van der Waals surface area contributed by atoms with Crippen LogP contribution in [0.25, 0.3) is 0 Å². The topological polar surface area (TPSA) is 40.5 Å². The molecule has 1 saturated heterocycles. The van der Waals surface area contributed by atoms with Gasteiger partial charge >= 0.3 is 5.97 Å². The Morgan fingerprint density at radius 1 is 1.33 bits per heavy atom. The number of carbonyl (C=O) groups is 1. The third kappa shape index (κ3) is 2.86. The predicted molar refractivity (Wildman–Crippen MR) is 76.3 cm³/mol. The second kappa shape index (κ2) is 5.31. The van der Waals surface area contributed by atoms with Gasteiger partial charge in [-0.2, -0.15) is 0 Å². The Morgan fingerprint density at radius 3 is 2.44 bits per heavy atom. The lowest BCUT2D eigenvalue weighted by Crippen LogP contribution is -2.38. The van der Waals surface area contributed by atoms with Crippen molar-refractivity contribution in [1.29, 1.82) is 0 Å². The molecule has 0 aromatic heterocycles. The fourth-order valence-corrected chi connectivity index (χ4v) is 3.39. The number of aromatic carboxylic acids is 1. The van der Waals surface area contributed by atoms with Crippen LogP contribution in [0.3, 0.4) is 0 Å². The van der Waals surface area contributed by atoms with E-state index in [-0.39, 0.29) is 0 Å². The fraction of sp³-hybridized carbons (Fsp3) is 0.500. The molecule has 2 rings (SSSR count). The first kappa shape index (κ1) is 13.4. The van der Waals surface area contributed by atoms with Crippen molar-refractivity contribution in [1.82, 2.24) is 0 Å². The molecule has 0 radical (unpaired) electrons. The van der Waals surface area contributed by atoms with Crippen LogP contribution in [-0.4, -0.2) is 24.2 Å². The molecule has 2 unspecified atom stereocenters. The van der Waals surface area contributed by atoms with Gasteiger partial charge < -0.3 is 10.0 Å². The first-order valence-electron chi connectivity index (χ1n) is 6.25. The van der Waals surface area contributed by atoms with E-state index in [9.17, 15) is 4.79 Å². The van der Waals surface area contributed by atoms with Gasteiger partial charge in [0.2, 0.25) is 0 Å². The molecule has 1 fully saturated rings. The number of benzene rings is 1. The van der Waals surface area contributed by atoms with Crippen molar-refractivity contribution in [3.8, 4) is 0 Å². The van der Waals surface area contributed by atoms with E-state index in [2.05, 4.69) is 34.7 Å². The highest BCUT2D eigenvalue weighted by molar-refractivity contribution is 9.10. The number of piperidine rings is 1. The van der Waals surface area contributed by atoms with Crippen LogP contribution < -0.4 is 4.90 Å². The van der Waals surface area contributed by atoms with Crippen molar-refractivity contribution in [2.24, 2.45) is 11.8 Å². The van der Waals surface area contributed by atoms with E-state index in [0.717, 1.165) is 23.2 Å². The van der Waals surface area contributed by atoms with Crippen LogP contribution in [0.2, 0.25) is 0 Å². The van der Waals surface area contributed by atoms with E-state index in [0.29, 0.717) is 17.4 Å². The summed E-state index contributed by atoms with van der Waals surface area (Å²) in [5, 5.41) is 8.96. The Kier molecular flexibility index (Phi) is 3.95. The minimum Gasteiger partial charge on any atom is -0.478 e. The Labute approximate surface area is 116 Å². The van der Waals surface area contributed by atoms with Crippen molar-refractivity contribution in [2.45, 2.75) is 20.3 Å². The lowest BCUT2D eigenvalue weighted by atomic mass is 9.91. The van der Waals surface area contributed by atoms with E-state index in [1.807, 2.05) is 6.07 Å². The molecular formula is C14H18BrNO2. The molecule has 4 heteroatoms. The average molecular weight is 312 g/mol. The molecule has 1 heterocycles. The van der Waals surface area contributed by atoms with Crippen LogP contribution >= 0.6 is 15.9 Å². The van der Waals surface area contributed by atoms with Gasteiger partial charge in [0, 0.05) is 17.6 Å². The van der Waals surface area contributed by atoms with Gasteiger partial charge in [-0.05, 0) is 52.4 Å². The maximum Gasteiger partial charge on any atom is 0.335 e. The molecule has 0 spiro atoms. The fourth-order valence-electron chi connectivity index (χ4n) is 2.76. The lowest BCUT2D eigenvalue weighted by molar-refractivity contribution is 0.0697. The van der Waals surface area contributed by atoms with E-state index in [1.54, 1.807) is 12.1 Å². The first-order chi connectivity index (χ1) is 8.47. The van der Waals surface area contributed by atoms with Gasteiger partial charge in [-0.3, -0.25) is 0 Å². The molecule has 98 valence electrons. The van der Waals surface area contributed by atoms with Gasteiger partial charge in [0.05, 0.1) is 11.3 Å². The van der Waals surface area contributed by atoms with Crippen LogP contribution in [0.5, 0.6) is 0 Å². The van der Waals surface area contributed by atoms with Crippen LogP contribution in [0.1, 0.15) is 30.6 Å². The lowest BCUT2D eigenvalue weighted by Gasteiger charge is -2.37. The SMILES string of the molecule is CC1CC(C)CN(c2ccc(C(=O)O)cc2Br)C1. The van der Waals surface area contributed by atoms with Crippen molar-refractivity contribution in [3.05, 3.63) is 28.2 Å². The number of carboxylic acids is 1. The number of anilines is 1. The highest BCUT2D eigenvalue weighted by atomic mass is 79.9. The van der Waals surface area contributed by atoms with E-state index >= 15 is 0 Å². The number of hydrogen-bond donors (Lipinski definition) is 1. The Balaban J connectivity index is 2.25. The van der Waals surface area contributed by atoms with Crippen molar-refractivity contribution in [2.75, 3.05) is 18.0 Å². The van der Waals surface area contributed by atoms with Gasteiger partial charge in [-0.15, -0.1) is 0 Å². The quantitative estimate of drug-likeness (QED) is 0.906. The smallest absolute Gasteiger partial charge is 0.335 e. The normalized spacial score (nSPS) is 24.1. The molecule has 1 aromatic rings. The number of carboxylic acid groups (broad SMARTS) is 1. The second-order valence-corrected chi connectivity index (χ2v) is 6.18. The number of hydrogen-bond acceptors (Lipinski definition) is 2. The molecule has 0 bridgehead atoms. The van der Waals surface area contributed by atoms with Gasteiger partial charge in [-0.25, -0.2) is 4.79 Å². The average Bonchev–Trinajstić information content (AvgIpc) is 2.27. The molecule has 2 atom stereocenters. The molecule has 0 aliphatic carbocycles. The van der Waals surface area contributed by atoms with E-state index < -0.39 is 5.97 Å². The zero-order chi connectivity index (χ0) is 13.3. The minimum atomic E-state index is -0.886. The molecule has 1 aliphatic heterocycles. The third-order valence-electron chi connectivity index (χ3n) is 3.40. The summed E-state index contributed by atoms with van der Waals surface area (Å²) in [5.41, 5.74) is 1.42. The predicted octanol–water partition coefficient (Wildman–Crippen LogP) is 3.63. The van der Waals surface area contributed by atoms with E-state index in [4.69, 9.17) is 5.11 Å². The van der Waals surface area contributed by atoms with Gasteiger partial charge in [0.15, 0.2) is 0 Å². The monoisotopic (exact) mass is 311 g/mol. The van der Waals surface area contributed by atoms with Gasteiger partial charge in [-0.1, -0.05) is 13.8 Å². The largest absolute Gasteiger partial charge is 0.478 e. The summed E-state index contributed by atoms with van der Waals surface area (Å²) in [6.07, 6.45) is 1.27. The highest BCUT2D eigenvalue weighted by Crippen LogP contribution is 2.32. The zero-order valence-electron chi connectivity index (χ0n) is 10.7. The van der Waals surface area contributed by atoms with Crippen molar-refractivity contribution in [3.63, 3.8) is 0 Å². The third-order valence-corrected chi connectivity index (χ3v) is 4.04. The Morgan fingerprint density at radius 2 is 1.94 bits per heavy atom. The molecule has 1 aromatic carbocycles. The number of halogens is 1. The van der Waals surface area contributed by atoms with Gasteiger partial charge in [0.1, 0.15) is 0 Å². The van der Waals surface area contributed by atoms with Crippen LogP contribution in [-0.2, 0) is 0 Å². The van der Waals surface area contributed by atoms with Crippen molar-refractivity contribution >= 4 is 27.6 Å². The molecule has 18 heavy (non-hydrogen) atoms. The standard InChI is InChI=1S/C14H18BrNO2/c1-9-5-10(2)8-16(7-9)13-4-3-11(14(17)18)6-12(13)15/h3-4,6,9-10H,5,7-8H2,1-2H3,(H,17,18). The number of nitrogens with zero attached hydrogens (tertiary/aromatic N) is 1. The van der Waals surface area contributed by atoms with Crippen molar-refractivity contribution < 1.29 is 9.90 Å². The van der Waals surface area contributed by atoms with E-state index in [1.165, 1.54) is 6.42 Å². The Hall–Kier alpha value is -1.03. The maximum absolute atomic E-state index is 10.9. The molecule has 1 aliphatic rings. The van der Waals surface area contributed by atoms with Crippen LogP contribution in [0, 0.1) is 11.8 Å². The summed E-state index contributed by atoms with van der Waals surface area (Å²) in [6, 6.07) is 5.26. The molecule has 0 saturated carbocycles. The second-order valence-electron chi connectivity index (χ2n) is 5.32.